The summed E-state index contributed by atoms with van der Waals surface area (Å²) in [6.07, 6.45) is -2.75. The molecule has 4 aromatic rings. The SMILES string of the molecule is O=C(CCCOc1ccc(C(F)(F)F)cc1)Nc1cc2nc[nH]c(=O)c2cc1Oc1cccc(N2CCOCC2)c1. The molecule has 3 aromatic carbocycles. The molecule has 12 heteroatoms. The zero-order valence-corrected chi connectivity index (χ0v) is 21.9. The summed E-state index contributed by atoms with van der Waals surface area (Å²) in [7, 11) is 0. The number of nitrogens with zero attached hydrogens (tertiary/aromatic N) is 2. The Bertz CT molecular complexity index is 1570. The first-order chi connectivity index (χ1) is 19.8. The number of nitrogens with one attached hydrogen (secondary N) is 2. The van der Waals surface area contributed by atoms with Gasteiger partial charge in [-0.3, -0.25) is 9.59 Å². The topological polar surface area (TPSA) is 106 Å². The molecule has 214 valence electrons. The summed E-state index contributed by atoms with van der Waals surface area (Å²) in [4.78, 5) is 34.1. The molecule has 2 N–H and O–H groups in total. The quantitative estimate of drug-likeness (QED) is 0.262. The number of aromatic amines is 1. The number of amides is 1. The maximum atomic E-state index is 12.8. The highest BCUT2D eigenvalue weighted by Gasteiger charge is 2.30. The largest absolute Gasteiger partial charge is 0.494 e. The number of fused-ring (bicyclic) bond motifs is 1. The maximum Gasteiger partial charge on any atom is 0.416 e. The van der Waals surface area contributed by atoms with Gasteiger partial charge in [-0.1, -0.05) is 6.07 Å². The standard InChI is InChI=1S/C29H27F3N4O5/c30-29(31,32)19-6-8-21(9-7-19)40-12-2-5-27(37)35-25-17-24-23(28(38)34-18-33-24)16-26(25)41-22-4-1-3-20(15-22)36-10-13-39-14-11-36/h1,3-4,6-9,15-18H,2,5,10-14H2,(H,35,37)(H,33,34,38). The number of rotatable bonds is 9. The van der Waals surface area contributed by atoms with E-state index < -0.39 is 11.7 Å². The summed E-state index contributed by atoms with van der Waals surface area (Å²) in [5, 5.41) is 3.12. The normalized spacial score (nSPS) is 13.7. The van der Waals surface area contributed by atoms with E-state index in [-0.39, 0.29) is 36.0 Å². The first-order valence-corrected chi connectivity index (χ1v) is 13.0. The van der Waals surface area contributed by atoms with Crippen LogP contribution in [0.4, 0.5) is 24.5 Å². The van der Waals surface area contributed by atoms with E-state index in [2.05, 4.69) is 20.2 Å². The predicted octanol–water partition coefficient (Wildman–Crippen LogP) is 5.37. The van der Waals surface area contributed by atoms with Crippen molar-refractivity contribution in [3.05, 3.63) is 82.9 Å². The summed E-state index contributed by atoms with van der Waals surface area (Å²) in [6, 6.07) is 15.0. The zero-order valence-electron chi connectivity index (χ0n) is 21.9. The lowest BCUT2D eigenvalue weighted by Gasteiger charge is -2.29. The Morgan fingerprint density at radius 2 is 1.83 bits per heavy atom. The van der Waals surface area contributed by atoms with Gasteiger partial charge < -0.3 is 29.4 Å². The van der Waals surface area contributed by atoms with Crippen LogP contribution in [0.25, 0.3) is 10.9 Å². The van der Waals surface area contributed by atoms with Gasteiger partial charge in [-0.15, -0.1) is 0 Å². The van der Waals surface area contributed by atoms with Crippen LogP contribution >= 0.6 is 0 Å². The number of carbonyl (C=O) groups excluding carboxylic acids is 1. The lowest BCUT2D eigenvalue weighted by molar-refractivity contribution is -0.137. The lowest BCUT2D eigenvalue weighted by atomic mass is 10.2. The van der Waals surface area contributed by atoms with Gasteiger partial charge in [0.15, 0.2) is 5.75 Å². The van der Waals surface area contributed by atoms with E-state index in [4.69, 9.17) is 14.2 Å². The van der Waals surface area contributed by atoms with Crippen molar-refractivity contribution in [3.63, 3.8) is 0 Å². The molecule has 5 rings (SSSR count). The minimum Gasteiger partial charge on any atom is -0.494 e. The number of alkyl halides is 3. The molecule has 0 atom stereocenters. The Morgan fingerprint density at radius 3 is 2.59 bits per heavy atom. The molecule has 1 aliphatic rings. The fourth-order valence-electron chi connectivity index (χ4n) is 4.35. The molecular formula is C29H27F3N4O5. The van der Waals surface area contributed by atoms with Crippen molar-refractivity contribution in [1.82, 2.24) is 9.97 Å². The molecule has 1 fully saturated rings. The first-order valence-electron chi connectivity index (χ1n) is 13.0. The molecule has 1 saturated heterocycles. The molecule has 1 aliphatic heterocycles. The number of carbonyl (C=O) groups is 1. The average molecular weight is 569 g/mol. The van der Waals surface area contributed by atoms with Crippen LogP contribution in [0.5, 0.6) is 17.2 Å². The van der Waals surface area contributed by atoms with Crippen LogP contribution in [0.15, 0.2) is 71.8 Å². The summed E-state index contributed by atoms with van der Waals surface area (Å²) >= 11 is 0. The number of H-pyrrole nitrogens is 1. The minimum atomic E-state index is -4.42. The number of anilines is 2. The number of halogens is 3. The predicted molar refractivity (Wildman–Crippen MR) is 147 cm³/mol. The molecule has 1 aromatic heterocycles. The molecule has 1 amide bonds. The van der Waals surface area contributed by atoms with Crippen molar-refractivity contribution in [3.8, 4) is 17.2 Å². The van der Waals surface area contributed by atoms with Gasteiger partial charge in [0.2, 0.25) is 5.91 Å². The Labute approximate surface area is 232 Å². The smallest absolute Gasteiger partial charge is 0.416 e. The molecule has 0 unspecified atom stereocenters. The number of hydrogen-bond donors (Lipinski definition) is 2. The van der Waals surface area contributed by atoms with E-state index in [1.54, 1.807) is 12.1 Å². The van der Waals surface area contributed by atoms with Crippen LogP contribution in [0.3, 0.4) is 0 Å². The fraction of sp³-hybridized carbons (Fsp3) is 0.276. The number of ether oxygens (including phenoxy) is 3. The highest BCUT2D eigenvalue weighted by Crippen LogP contribution is 2.34. The second-order valence-corrected chi connectivity index (χ2v) is 9.32. The Morgan fingerprint density at radius 1 is 1.05 bits per heavy atom. The van der Waals surface area contributed by atoms with Gasteiger partial charge in [0.25, 0.3) is 5.56 Å². The number of hydrogen-bond acceptors (Lipinski definition) is 7. The lowest BCUT2D eigenvalue weighted by Crippen LogP contribution is -2.36. The van der Waals surface area contributed by atoms with Gasteiger partial charge in [0.1, 0.15) is 11.5 Å². The van der Waals surface area contributed by atoms with E-state index in [1.807, 2.05) is 18.2 Å². The third-order valence-electron chi connectivity index (χ3n) is 6.44. The van der Waals surface area contributed by atoms with Crippen molar-refractivity contribution in [2.24, 2.45) is 0 Å². The van der Waals surface area contributed by atoms with Crippen molar-refractivity contribution < 1.29 is 32.2 Å². The highest BCUT2D eigenvalue weighted by molar-refractivity contribution is 5.96. The van der Waals surface area contributed by atoms with Crippen LogP contribution in [-0.2, 0) is 15.7 Å². The third kappa shape index (κ3) is 7.14. The maximum absolute atomic E-state index is 12.8. The number of morpholine rings is 1. The van der Waals surface area contributed by atoms with Crippen LogP contribution in [0, 0.1) is 0 Å². The van der Waals surface area contributed by atoms with E-state index >= 15 is 0 Å². The van der Waals surface area contributed by atoms with Gasteiger partial charge in [-0.05, 0) is 55.0 Å². The van der Waals surface area contributed by atoms with E-state index in [9.17, 15) is 22.8 Å². The van der Waals surface area contributed by atoms with Crippen LogP contribution in [0.2, 0.25) is 0 Å². The molecule has 0 radical (unpaired) electrons. The van der Waals surface area contributed by atoms with E-state index in [0.29, 0.717) is 42.0 Å². The van der Waals surface area contributed by atoms with E-state index in [1.165, 1.54) is 24.5 Å². The highest BCUT2D eigenvalue weighted by atomic mass is 19.4. The second kappa shape index (κ2) is 12.3. The second-order valence-electron chi connectivity index (χ2n) is 9.32. The summed E-state index contributed by atoms with van der Waals surface area (Å²) < 4.78 is 55.2. The van der Waals surface area contributed by atoms with Crippen molar-refractivity contribution in [2.45, 2.75) is 19.0 Å². The molecule has 0 aliphatic carbocycles. The molecule has 41 heavy (non-hydrogen) atoms. The summed E-state index contributed by atoms with van der Waals surface area (Å²) in [5.41, 5.74) is 0.567. The van der Waals surface area contributed by atoms with Crippen LogP contribution in [-0.4, -0.2) is 48.8 Å². The average Bonchev–Trinajstić information content (AvgIpc) is 2.96. The van der Waals surface area contributed by atoms with Gasteiger partial charge in [0.05, 0.1) is 48.3 Å². The molecule has 0 saturated carbocycles. The molecule has 0 bridgehead atoms. The minimum absolute atomic E-state index is 0.0768. The Balaban J connectivity index is 1.26. The third-order valence-corrected chi connectivity index (χ3v) is 6.44. The fourth-order valence-corrected chi connectivity index (χ4v) is 4.35. The van der Waals surface area contributed by atoms with E-state index in [0.717, 1.165) is 30.9 Å². The zero-order chi connectivity index (χ0) is 28.8. The van der Waals surface area contributed by atoms with Crippen LogP contribution < -0.4 is 25.2 Å². The van der Waals surface area contributed by atoms with Crippen molar-refractivity contribution in [2.75, 3.05) is 43.1 Å². The monoisotopic (exact) mass is 568 g/mol. The van der Waals surface area contributed by atoms with Crippen molar-refractivity contribution in [1.29, 1.82) is 0 Å². The number of benzene rings is 3. The molecular weight excluding hydrogens is 541 g/mol. The molecule has 9 nitrogen and oxygen atoms in total. The van der Waals surface area contributed by atoms with Gasteiger partial charge in [-0.25, -0.2) is 4.98 Å². The van der Waals surface area contributed by atoms with Crippen LogP contribution in [0.1, 0.15) is 18.4 Å². The first kappa shape index (κ1) is 28.0. The van der Waals surface area contributed by atoms with Crippen molar-refractivity contribution >= 4 is 28.2 Å². The Kier molecular flexibility index (Phi) is 8.39. The van der Waals surface area contributed by atoms with Gasteiger partial charge in [-0.2, -0.15) is 13.2 Å². The number of aromatic nitrogens is 2. The summed E-state index contributed by atoms with van der Waals surface area (Å²) in [6.45, 7) is 2.91. The summed E-state index contributed by atoms with van der Waals surface area (Å²) in [5.74, 6) is 0.731. The van der Waals surface area contributed by atoms with Gasteiger partial charge >= 0.3 is 6.18 Å². The van der Waals surface area contributed by atoms with Gasteiger partial charge in [0, 0.05) is 31.3 Å². The Hall–Kier alpha value is -4.58. The molecule has 2 heterocycles. The molecule has 0 spiro atoms.